The van der Waals surface area contributed by atoms with Gasteiger partial charge in [-0.05, 0) is 67.1 Å². The molecule has 0 amide bonds. The van der Waals surface area contributed by atoms with Crippen LogP contribution in [-0.2, 0) is 13.7 Å². The van der Waals surface area contributed by atoms with Gasteiger partial charge in [0.1, 0.15) is 12.4 Å². The third-order valence-corrected chi connectivity index (χ3v) is 5.05. The van der Waals surface area contributed by atoms with Crippen molar-refractivity contribution >= 4 is 6.29 Å². The van der Waals surface area contributed by atoms with Crippen molar-refractivity contribution in [2.24, 2.45) is 7.05 Å². The third-order valence-electron chi connectivity index (χ3n) is 5.05. The normalized spacial score (nSPS) is 11.0. The molecule has 0 aliphatic heterocycles. The summed E-state index contributed by atoms with van der Waals surface area (Å²) in [6.45, 7) is 6.00. The highest BCUT2D eigenvalue weighted by Crippen LogP contribution is 2.25. The summed E-state index contributed by atoms with van der Waals surface area (Å²) in [6.07, 6.45) is 0.738. The Balaban J connectivity index is 1.65. The number of aromatic nitrogens is 6. The van der Waals surface area contributed by atoms with Crippen molar-refractivity contribution in [2.45, 2.75) is 27.4 Å². The average molecular weight is 418 g/mol. The Morgan fingerprint density at radius 3 is 2.45 bits per heavy atom. The number of rotatable bonds is 6. The smallest absolute Gasteiger partial charge is 0.368 e. The SMILES string of the molecule is Cc1cc(C)n(-c2ccc(OCc3c(C=O)cccc3-n3nnn(C)c3=O)c(C)c2)n1. The summed E-state index contributed by atoms with van der Waals surface area (Å²) >= 11 is 0. The Kier molecular flexibility index (Phi) is 5.24. The lowest BCUT2D eigenvalue weighted by Crippen LogP contribution is -2.23. The number of nitrogens with zero attached hydrogens (tertiary/aromatic N) is 6. The number of carbonyl (C=O) groups is 1. The largest absolute Gasteiger partial charge is 0.489 e. The summed E-state index contributed by atoms with van der Waals surface area (Å²) in [5, 5.41) is 12.1. The molecule has 4 aromatic rings. The van der Waals surface area contributed by atoms with Gasteiger partial charge < -0.3 is 4.74 Å². The number of hydrogen-bond acceptors (Lipinski definition) is 6. The topological polar surface area (TPSA) is 96.8 Å². The standard InChI is InChI=1S/C22H22N6O3/c1-14-10-18(27-16(3)11-15(2)23-27)8-9-21(14)31-13-19-17(12-29)6-5-7-20(19)28-22(30)26(4)24-25-28/h5-12H,13H2,1-4H3. The van der Waals surface area contributed by atoms with Gasteiger partial charge in [0, 0.05) is 23.9 Å². The number of benzene rings is 2. The van der Waals surface area contributed by atoms with Gasteiger partial charge in [-0.2, -0.15) is 14.5 Å². The van der Waals surface area contributed by atoms with Gasteiger partial charge >= 0.3 is 5.69 Å². The van der Waals surface area contributed by atoms with E-state index in [1.165, 1.54) is 7.05 Å². The fourth-order valence-corrected chi connectivity index (χ4v) is 3.49. The molecule has 0 spiro atoms. The van der Waals surface area contributed by atoms with Crippen molar-refractivity contribution < 1.29 is 9.53 Å². The van der Waals surface area contributed by atoms with Crippen LogP contribution in [-0.4, -0.2) is 35.9 Å². The van der Waals surface area contributed by atoms with Crippen molar-refractivity contribution in [1.82, 2.24) is 29.6 Å². The van der Waals surface area contributed by atoms with Crippen LogP contribution in [0.15, 0.2) is 47.3 Å². The van der Waals surface area contributed by atoms with Crippen molar-refractivity contribution in [3.05, 3.63) is 81.0 Å². The van der Waals surface area contributed by atoms with Crippen molar-refractivity contribution in [3.63, 3.8) is 0 Å². The van der Waals surface area contributed by atoms with E-state index in [4.69, 9.17) is 4.74 Å². The second kappa shape index (κ2) is 8.02. The van der Waals surface area contributed by atoms with E-state index in [1.54, 1.807) is 18.2 Å². The Bertz CT molecular complexity index is 1330. The minimum atomic E-state index is -0.408. The zero-order chi connectivity index (χ0) is 22.1. The Hall–Kier alpha value is -4.01. The fraction of sp³-hybridized carbons (Fsp3) is 0.227. The molecule has 9 nitrogen and oxygen atoms in total. The van der Waals surface area contributed by atoms with Gasteiger partial charge in [0.05, 0.1) is 17.1 Å². The van der Waals surface area contributed by atoms with E-state index in [2.05, 4.69) is 15.5 Å². The van der Waals surface area contributed by atoms with E-state index in [9.17, 15) is 9.59 Å². The van der Waals surface area contributed by atoms with Crippen LogP contribution in [0, 0.1) is 20.8 Å². The highest BCUT2D eigenvalue weighted by atomic mass is 16.5. The van der Waals surface area contributed by atoms with E-state index in [1.807, 2.05) is 49.7 Å². The minimum absolute atomic E-state index is 0.0906. The van der Waals surface area contributed by atoms with E-state index in [-0.39, 0.29) is 6.61 Å². The van der Waals surface area contributed by atoms with Crippen LogP contribution in [0.25, 0.3) is 11.4 Å². The van der Waals surface area contributed by atoms with Gasteiger partial charge in [-0.25, -0.2) is 9.48 Å². The molecule has 0 unspecified atom stereocenters. The van der Waals surface area contributed by atoms with Crippen molar-refractivity contribution in [3.8, 4) is 17.1 Å². The van der Waals surface area contributed by atoms with Crippen LogP contribution in [0.1, 0.15) is 32.9 Å². The van der Waals surface area contributed by atoms with Crippen molar-refractivity contribution in [2.75, 3.05) is 0 Å². The molecule has 2 aromatic carbocycles. The first-order valence-electron chi connectivity index (χ1n) is 9.72. The van der Waals surface area contributed by atoms with E-state index >= 15 is 0 Å². The highest BCUT2D eigenvalue weighted by molar-refractivity contribution is 5.79. The summed E-state index contributed by atoms with van der Waals surface area (Å²) in [5.74, 6) is 0.670. The molecule has 2 aromatic heterocycles. The number of aldehydes is 1. The average Bonchev–Trinajstić information content (AvgIpc) is 3.27. The first-order valence-corrected chi connectivity index (χ1v) is 9.72. The van der Waals surface area contributed by atoms with Crippen LogP contribution < -0.4 is 10.4 Å². The van der Waals surface area contributed by atoms with Gasteiger partial charge in [0.2, 0.25) is 0 Å². The zero-order valence-corrected chi connectivity index (χ0v) is 17.7. The predicted molar refractivity (Wildman–Crippen MR) is 114 cm³/mol. The third kappa shape index (κ3) is 3.77. The molecule has 158 valence electrons. The summed E-state index contributed by atoms with van der Waals surface area (Å²) in [4.78, 5) is 23.9. The first kappa shape index (κ1) is 20.3. The van der Waals surface area contributed by atoms with Crippen LogP contribution in [0.2, 0.25) is 0 Å². The molecule has 4 rings (SSSR count). The van der Waals surface area contributed by atoms with Crippen LogP contribution >= 0.6 is 0 Å². The maximum atomic E-state index is 12.3. The number of hydrogen-bond donors (Lipinski definition) is 0. The fourth-order valence-electron chi connectivity index (χ4n) is 3.49. The number of aryl methyl sites for hydroxylation is 4. The lowest BCUT2D eigenvalue weighted by molar-refractivity contribution is 0.112. The maximum Gasteiger partial charge on any atom is 0.368 e. The monoisotopic (exact) mass is 418 g/mol. The van der Waals surface area contributed by atoms with Gasteiger partial charge in [-0.3, -0.25) is 4.79 Å². The molecule has 0 radical (unpaired) electrons. The van der Waals surface area contributed by atoms with Crippen LogP contribution in [0.5, 0.6) is 5.75 Å². The Labute approximate surface area is 178 Å². The van der Waals surface area contributed by atoms with Crippen LogP contribution in [0.3, 0.4) is 0 Å². The first-order chi connectivity index (χ1) is 14.9. The summed E-state index contributed by atoms with van der Waals surface area (Å²) in [7, 11) is 1.51. The van der Waals surface area contributed by atoms with E-state index in [0.717, 1.165) is 38.3 Å². The molecule has 9 heteroatoms. The molecule has 2 heterocycles. The van der Waals surface area contributed by atoms with E-state index < -0.39 is 5.69 Å². The van der Waals surface area contributed by atoms with Gasteiger partial charge in [-0.1, -0.05) is 12.1 Å². The highest BCUT2D eigenvalue weighted by Gasteiger charge is 2.16. The summed E-state index contributed by atoms with van der Waals surface area (Å²) in [6, 6.07) is 12.9. The molecule has 0 fully saturated rings. The maximum absolute atomic E-state index is 12.3. The Morgan fingerprint density at radius 1 is 1.03 bits per heavy atom. The zero-order valence-electron chi connectivity index (χ0n) is 17.7. The van der Waals surface area contributed by atoms with Gasteiger partial charge in [0.15, 0.2) is 6.29 Å². The van der Waals surface area contributed by atoms with Gasteiger partial charge in [-0.15, -0.1) is 0 Å². The molecular formula is C22H22N6O3. The molecule has 31 heavy (non-hydrogen) atoms. The molecule has 0 N–H and O–H groups in total. The summed E-state index contributed by atoms with van der Waals surface area (Å²) < 4.78 is 10.2. The molecule has 0 saturated heterocycles. The lowest BCUT2D eigenvalue weighted by Gasteiger charge is -2.14. The predicted octanol–water partition coefficient (Wildman–Crippen LogP) is 2.47. The number of tetrazole rings is 1. The second-order valence-corrected chi connectivity index (χ2v) is 7.34. The molecule has 0 atom stereocenters. The quantitative estimate of drug-likeness (QED) is 0.446. The molecule has 0 aliphatic rings. The number of ether oxygens (including phenoxy) is 1. The molecular weight excluding hydrogens is 396 g/mol. The van der Waals surface area contributed by atoms with Gasteiger partial charge in [0.25, 0.3) is 0 Å². The second-order valence-electron chi connectivity index (χ2n) is 7.34. The Morgan fingerprint density at radius 2 is 1.84 bits per heavy atom. The molecule has 0 bridgehead atoms. The number of carbonyl (C=O) groups excluding carboxylic acids is 1. The summed E-state index contributed by atoms with van der Waals surface area (Å²) in [5.41, 5.74) is 4.89. The minimum Gasteiger partial charge on any atom is -0.489 e. The lowest BCUT2D eigenvalue weighted by atomic mass is 10.1. The van der Waals surface area contributed by atoms with Crippen LogP contribution in [0.4, 0.5) is 0 Å². The molecule has 0 aliphatic carbocycles. The van der Waals surface area contributed by atoms with Crippen molar-refractivity contribution in [1.29, 1.82) is 0 Å². The molecule has 0 saturated carbocycles. The van der Waals surface area contributed by atoms with E-state index in [0.29, 0.717) is 22.6 Å².